The average molecular weight is 508 g/mol. The Balaban J connectivity index is 1.91. The van der Waals surface area contributed by atoms with Crippen molar-refractivity contribution < 1.29 is 19.4 Å². The van der Waals surface area contributed by atoms with Crippen LogP contribution in [0.4, 0.5) is 4.79 Å². The first-order valence-corrected chi connectivity index (χ1v) is 16.4. The molecule has 2 N–H and O–H groups in total. The van der Waals surface area contributed by atoms with Crippen molar-refractivity contribution in [1.82, 2.24) is 5.32 Å². The van der Waals surface area contributed by atoms with E-state index in [9.17, 15) is 14.7 Å². The zero-order chi connectivity index (χ0) is 25.3. The molecule has 0 spiro atoms. The van der Waals surface area contributed by atoms with Crippen LogP contribution in [0.25, 0.3) is 0 Å². The molecule has 0 heterocycles. The molecule has 0 saturated carbocycles. The molecule has 0 unspecified atom stereocenters. The quantitative estimate of drug-likeness (QED) is 0.238. The Hall–Kier alpha value is -3.03. The smallest absolute Gasteiger partial charge is 0.407 e. The van der Waals surface area contributed by atoms with Crippen LogP contribution in [0, 0.1) is 0 Å². The van der Waals surface area contributed by atoms with Crippen LogP contribution in [0.2, 0.25) is 25.7 Å². The minimum Gasteiger partial charge on any atom is -0.480 e. The largest absolute Gasteiger partial charge is 0.480 e. The standard InChI is InChI=1S/C28H33NO4SSi/c1-35(2,3)20-19-33-27(32)29-25(26(30)31)21-34-28(22-13-7-4-8-14-22,23-15-9-5-10-16-23)24-17-11-6-12-18-24/h4-18,25H,19-21H2,1-3H3,(H,29,32)(H,30,31)/t25-/m0/s1. The summed E-state index contributed by atoms with van der Waals surface area (Å²) in [6.07, 6.45) is -0.694. The van der Waals surface area contributed by atoms with Crippen molar-refractivity contribution in [2.75, 3.05) is 12.4 Å². The molecule has 0 aliphatic carbocycles. The second kappa shape index (κ2) is 12.1. The van der Waals surface area contributed by atoms with Gasteiger partial charge < -0.3 is 15.2 Å². The summed E-state index contributed by atoms with van der Waals surface area (Å²) in [7, 11) is -1.36. The number of rotatable bonds is 11. The lowest BCUT2D eigenvalue weighted by molar-refractivity contribution is -0.138. The number of nitrogens with one attached hydrogen (secondary N) is 1. The van der Waals surface area contributed by atoms with E-state index in [2.05, 4.69) is 61.4 Å². The fourth-order valence-corrected chi connectivity index (χ4v) is 6.05. The highest BCUT2D eigenvalue weighted by molar-refractivity contribution is 8.00. The molecular formula is C28H33NO4SSi. The molecule has 1 amide bonds. The Morgan fingerprint density at radius 3 is 1.66 bits per heavy atom. The van der Waals surface area contributed by atoms with Gasteiger partial charge in [0.1, 0.15) is 6.04 Å². The Morgan fingerprint density at radius 1 is 0.857 bits per heavy atom. The van der Waals surface area contributed by atoms with Crippen molar-refractivity contribution in [3.05, 3.63) is 108 Å². The fraction of sp³-hybridized carbons (Fsp3) is 0.286. The fourth-order valence-electron chi connectivity index (χ4n) is 3.79. The number of amides is 1. The topological polar surface area (TPSA) is 75.6 Å². The molecule has 3 aromatic carbocycles. The predicted molar refractivity (Wildman–Crippen MR) is 146 cm³/mol. The zero-order valence-electron chi connectivity index (χ0n) is 20.4. The molecule has 0 bridgehead atoms. The molecule has 35 heavy (non-hydrogen) atoms. The lowest BCUT2D eigenvalue weighted by atomic mass is 9.84. The third-order valence-corrected chi connectivity index (χ3v) is 9.03. The van der Waals surface area contributed by atoms with E-state index in [4.69, 9.17) is 4.74 Å². The second-order valence-corrected chi connectivity index (χ2v) is 16.4. The first kappa shape index (κ1) is 26.6. The van der Waals surface area contributed by atoms with Gasteiger partial charge in [0.05, 0.1) is 11.4 Å². The van der Waals surface area contributed by atoms with Crippen molar-refractivity contribution >= 4 is 31.9 Å². The van der Waals surface area contributed by atoms with E-state index in [0.29, 0.717) is 6.61 Å². The maximum Gasteiger partial charge on any atom is 0.407 e. The molecule has 0 saturated heterocycles. The number of carbonyl (C=O) groups excluding carboxylic acids is 1. The molecule has 7 heteroatoms. The van der Waals surface area contributed by atoms with Gasteiger partial charge in [-0.05, 0) is 22.7 Å². The van der Waals surface area contributed by atoms with E-state index in [1.807, 2.05) is 54.6 Å². The van der Waals surface area contributed by atoms with Gasteiger partial charge in [0, 0.05) is 13.8 Å². The molecule has 5 nitrogen and oxygen atoms in total. The summed E-state index contributed by atoms with van der Waals surface area (Å²) in [6.45, 7) is 6.88. The average Bonchev–Trinajstić information content (AvgIpc) is 2.85. The Labute approximate surface area is 212 Å². The van der Waals surface area contributed by atoms with Gasteiger partial charge in [-0.15, -0.1) is 11.8 Å². The van der Waals surface area contributed by atoms with Gasteiger partial charge in [-0.25, -0.2) is 9.59 Å². The Morgan fingerprint density at radius 2 is 1.29 bits per heavy atom. The summed E-state index contributed by atoms with van der Waals surface area (Å²) in [5.74, 6) is -0.945. The van der Waals surface area contributed by atoms with Crippen molar-refractivity contribution in [3.63, 3.8) is 0 Å². The normalized spacial score (nSPS) is 12.5. The van der Waals surface area contributed by atoms with Crippen LogP contribution >= 0.6 is 11.8 Å². The number of carbonyl (C=O) groups is 2. The van der Waals surface area contributed by atoms with Crippen LogP contribution in [0.5, 0.6) is 0 Å². The van der Waals surface area contributed by atoms with Gasteiger partial charge in [-0.2, -0.15) is 0 Å². The third kappa shape index (κ3) is 7.23. The van der Waals surface area contributed by atoms with Crippen LogP contribution in [0.15, 0.2) is 91.0 Å². The van der Waals surface area contributed by atoms with Crippen molar-refractivity contribution in [2.24, 2.45) is 0 Å². The lowest BCUT2D eigenvalue weighted by Gasteiger charge is -2.36. The molecule has 3 rings (SSSR count). The Bertz CT molecular complexity index is 992. The molecule has 0 fully saturated rings. The molecule has 0 radical (unpaired) electrons. The summed E-state index contributed by atoms with van der Waals surface area (Å²) in [5.41, 5.74) is 3.10. The van der Waals surface area contributed by atoms with Crippen LogP contribution in [-0.2, 0) is 14.3 Å². The molecule has 1 atom stereocenters. The zero-order valence-corrected chi connectivity index (χ0v) is 22.3. The maximum atomic E-state index is 12.4. The maximum absolute atomic E-state index is 12.4. The third-order valence-electron chi connectivity index (χ3n) is 5.68. The van der Waals surface area contributed by atoms with Crippen molar-refractivity contribution in [3.8, 4) is 0 Å². The summed E-state index contributed by atoms with van der Waals surface area (Å²) in [4.78, 5) is 24.5. The number of hydrogen-bond donors (Lipinski definition) is 2. The van der Waals surface area contributed by atoms with Gasteiger partial charge >= 0.3 is 12.1 Å². The highest BCUT2D eigenvalue weighted by Crippen LogP contribution is 2.48. The summed E-state index contributed by atoms with van der Waals surface area (Å²) in [5, 5.41) is 12.5. The lowest BCUT2D eigenvalue weighted by Crippen LogP contribution is -2.44. The highest BCUT2D eigenvalue weighted by atomic mass is 32.2. The monoisotopic (exact) mass is 507 g/mol. The minimum absolute atomic E-state index is 0.150. The van der Waals surface area contributed by atoms with E-state index in [1.54, 1.807) is 0 Å². The van der Waals surface area contributed by atoms with E-state index >= 15 is 0 Å². The van der Waals surface area contributed by atoms with Gasteiger partial charge in [0.25, 0.3) is 0 Å². The number of aliphatic carboxylic acids is 1. The van der Waals surface area contributed by atoms with Crippen LogP contribution in [-0.4, -0.2) is 43.6 Å². The molecule has 184 valence electrons. The number of carboxylic acids is 1. The minimum atomic E-state index is -1.36. The number of thioether (sulfide) groups is 1. The number of benzene rings is 3. The summed E-state index contributed by atoms with van der Waals surface area (Å²) >= 11 is 1.49. The second-order valence-electron chi connectivity index (χ2n) is 9.57. The van der Waals surface area contributed by atoms with E-state index in [1.165, 1.54) is 11.8 Å². The number of carboxylic acid groups (broad SMARTS) is 1. The molecular weight excluding hydrogens is 474 g/mol. The summed E-state index contributed by atoms with van der Waals surface area (Å²) in [6, 6.07) is 29.9. The van der Waals surface area contributed by atoms with E-state index < -0.39 is 30.9 Å². The van der Waals surface area contributed by atoms with Crippen molar-refractivity contribution in [2.45, 2.75) is 36.5 Å². The first-order chi connectivity index (χ1) is 16.7. The van der Waals surface area contributed by atoms with Gasteiger partial charge in [0.2, 0.25) is 0 Å². The van der Waals surface area contributed by atoms with Crippen molar-refractivity contribution in [1.29, 1.82) is 0 Å². The molecule has 0 aliphatic heterocycles. The SMILES string of the molecule is C[Si](C)(C)CCOC(=O)N[C@@H](CSC(c1ccccc1)(c1ccccc1)c1ccccc1)C(=O)O. The van der Waals surface area contributed by atoms with Gasteiger partial charge in [0.15, 0.2) is 0 Å². The highest BCUT2D eigenvalue weighted by Gasteiger charge is 2.38. The Kier molecular flexibility index (Phi) is 9.18. The van der Waals surface area contributed by atoms with Crippen LogP contribution in [0.1, 0.15) is 16.7 Å². The van der Waals surface area contributed by atoms with Crippen LogP contribution in [0.3, 0.4) is 0 Å². The van der Waals surface area contributed by atoms with E-state index in [0.717, 1.165) is 22.7 Å². The van der Waals surface area contributed by atoms with Crippen LogP contribution < -0.4 is 5.32 Å². The first-order valence-electron chi connectivity index (χ1n) is 11.7. The number of ether oxygens (including phenoxy) is 1. The number of hydrogen-bond acceptors (Lipinski definition) is 4. The van der Waals surface area contributed by atoms with Gasteiger partial charge in [-0.1, -0.05) is 111 Å². The molecule has 3 aromatic rings. The predicted octanol–water partition coefficient (Wildman–Crippen LogP) is 6.23. The summed E-state index contributed by atoms with van der Waals surface area (Å²) < 4.78 is 4.63. The van der Waals surface area contributed by atoms with E-state index in [-0.39, 0.29) is 5.75 Å². The molecule has 0 aromatic heterocycles. The molecule has 0 aliphatic rings. The van der Waals surface area contributed by atoms with Gasteiger partial charge in [-0.3, -0.25) is 0 Å². The number of alkyl carbamates (subject to hydrolysis) is 1.